The Morgan fingerprint density at radius 1 is 0.963 bits per heavy atom. The smallest absolute Gasteiger partial charge is 0.281 e. The number of rotatable bonds is 6. The maximum atomic E-state index is 12.9. The number of ether oxygens (including phenoxy) is 1. The van der Waals surface area contributed by atoms with Crippen LogP contribution >= 0.6 is 0 Å². The van der Waals surface area contributed by atoms with E-state index >= 15 is 0 Å². The van der Waals surface area contributed by atoms with Gasteiger partial charge in [0.25, 0.3) is 5.91 Å². The minimum absolute atomic E-state index is 0.463. The topological polar surface area (TPSA) is 70.9 Å². The summed E-state index contributed by atoms with van der Waals surface area (Å²) in [5.74, 6) is 0.0504. The van der Waals surface area contributed by atoms with Crippen LogP contribution in [0.5, 0.6) is 5.75 Å². The van der Waals surface area contributed by atoms with Gasteiger partial charge in [0.05, 0.1) is 13.3 Å². The van der Waals surface area contributed by atoms with Crippen LogP contribution in [0.25, 0.3) is 0 Å². The summed E-state index contributed by atoms with van der Waals surface area (Å²) in [5.41, 5.74) is 2.28. The molecule has 0 atom stereocenters. The van der Waals surface area contributed by atoms with Crippen LogP contribution in [-0.2, 0) is 10.4 Å². The molecule has 136 valence electrons. The maximum Gasteiger partial charge on any atom is 0.281 e. The highest BCUT2D eigenvalue weighted by molar-refractivity contribution is 5.91. The Balaban J connectivity index is 1.87. The molecule has 0 bridgehead atoms. The highest BCUT2D eigenvalue weighted by Crippen LogP contribution is 2.29. The largest absolute Gasteiger partial charge is 0.497 e. The van der Waals surface area contributed by atoms with Crippen molar-refractivity contribution in [3.8, 4) is 5.75 Å². The Morgan fingerprint density at radius 3 is 2.11 bits per heavy atom. The van der Waals surface area contributed by atoms with Gasteiger partial charge < -0.3 is 9.84 Å². The SMILES string of the molecule is COc1cccc(/C=N\NC(=O)C(O)(c2ccccc2)c2ccccc2)c1. The minimum Gasteiger partial charge on any atom is -0.497 e. The van der Waals surface area contributed by atoms with E-state index in [1.165, 1.54) is 6.21 Å². The third-order valence-corrected chi connectivity index (χ3v) is 4.19. The number of aliphatic hydroxyl groups is 1. The van der Waals surface area contributed by atoms with Crippen LogP contribution in [0.1, 0.15) is 16.7 Å². The quantitative estimate of drug-likeness (QED) is 0.524. The fraction of sp³-hybridized carbons (Fsp3) is 0.0909. The molecule has 27 heavy (non-hydrogen) atoms. The summed E-state index contributed by atoms with van der Waals surface area (Å²) in [6.45, 7) is 0. The average molecular weight is 360 g/mol. The summed E-state index contributed by atoms with van der Waals surface area (Å²) >= 11 is 0. The molecule has 3 rings (SSSR count). The molecule has 0 aromatic heterocycles. The van der Waals surface area contributed by atoms with Crippen LogP contribution < -0.4 is 10.2 Å². The molecule has 5 nitrogen and oxygen atoms in total. The van der Waals surface area contributed by atoms with E-state index in [1.54, 1.807) is 61.7 Å². The van der Waals surface area contributed by atoms with Crippen molar-refractivity contribution in [2.75, 3.05) is 7.11 Å². The van der Waals surface area contributed by atoms with E-state index in [0.29, 0.717) is 16.9 Å². The van der Waals surface area contributed by atoms with Crippen molar-refractivity contribution in [3.05, 3.63) is 102 Å². The van der Waals surface area contributed by atoms with E-state index in [9.17, 15) is 9.90 Å². The molecule has 0 unspecified atom stereocenters. The van der Waals surface area contributed by atoms with E-state index in [2.05, 4.69) is 10.5 Å². The lowest BCUT2D eigenvalue weighted by molar-refractivity contribution is -0.136. The van der Waals surface area contributed by atoms with Crippen molar-refractivity contribution in [2.45, 2.75) is 5.60 Å². The zero-order valence-corrected chi connectivity index (χ0v) is 14.9. The molecular weight excluding hydrogens is 340 g/mol. The molecule has 5 heteroatoms. The van der Waals surface area contributed by atoms with Gasteiger partial charge in [-0.15, -0.1) is 0 Å². The summed E-state index contributed by atoms with van der Waals surface area (Å²) in [5, 5.41) is 15.3. The van der Waals surface area contributed by atoms with Gasteiger partial charge in [-0.2, -0.15) is 5.10 Å². The molecule has 1 amide bonds. The van der Waals surface area contributed by atoms with E-state index in [4.69, 9.17) is 4.74 Å². The van der Waals surface area contributed by atoms with E-state index < -0.39 is 11.5 Å². The first-order chi connectivity index (χ1) is 13.1. The standard InChI is InChI=1S/C22H20N2O3/c1-27-20-14-8-9-17(15-20)16-23-24-21(25)22(26,18-10-4-2-5-11-18)19-12-6-3-7-13-19/h2-16,26H,1H3,(H,24,25)/b23-16-. The summed E-state index contributed by atoms with van der Waals surface area (Å²) < 4.78 is 5.16. The number of methoxy groups -OCH3 is 1. The second-order valence-electron chi connectivity index (χ2n) is 5.92. The fourth-order valence-corrected chi connectivity index (χ4v) is 2.76. The van der Waals surface area contributed by atoms with Gasteiger partial charge in [-0.1, -0.05) is 72.8 Å². The van der Waals surface area contributed by atoms with Crippen molar-refractivity contribution >= 4 is 12.1 Å². The number of nitrogens with one attached hydrogen (secondary N) is 1. The van der Waals surface area contributed by atoms with Crippen molar-refractivity contribution in [2.24, 2.45) is 5.10 Å². The van der Waals surface area contributed by atoms with Gasteiger partial charge in [0, 0.05) is 0 Å². The first-order valence-electron chi connectivity index (χ1n) is 8.45. The van der Waals surface area contributed by atoms with Gasteiger partial charge in [-0.3, -0.25) is 4.79 Å². The van der Waals surface area contributed by atoms with Crippen molar-refractivity contribution in [1.29, 1.82) is 0 Å². The lowest BCUT2D eigenvalue weighted by Gasteiger charge is -2.27. The molecule has 2 N–H and O–H groups in total. The molecule has 0 saturated carbocycles. The second-order valence-corrected chi connectivity index (χ2v) is 5.92. The van der Waals surface area contributed by atoms with Crippen LogP contribution in [0.4, 0.5) is 0 Å². The lowest BCUT2D eigenvalue weighted by Crippen LogP contribution is -2.43. The third-order valence-electron chi connectivity index (χ3n) is 4.19. The molecule has 0 saturated heterocycles. The number of nitrogens with zero attached hydrogens (tertiary/aromatic N) is 1. The monoisotopic (exact) mass is 360 g/mol. The number of hydrogen-bond donors (Lipinski definition) is 2. The molecule has 3 aromatic carbocycles. The summed E-state index contributed by atoms with van der Waals surface area (Å²) in [7, 11) is 1.58. The van der Waals surface area contributed by atoms with E-state index in [0.717, 1.165) is 5.56 Å². The number of amides is 1. The van der Waals surface area contributed by atoms with Crippen molar-refractivity contribution < 1.29 is 14.6 Å². The average Bonchev–Trinajstić information content (AvgIpc) is 2.74. The molecular formula is C22H20N2O3. The molecule has 0 aliphatic carbocycles. The predicted molar refractivity (Wildman–Crippen MR) is 105 cm³/mol. The van der Waals surface area contributed by atoms with E-state index in [-0.39, 0.29) is 0 Å². The maximum absolute atomic E-state index is 12.9. The fourth-order valence-electron chi connectivity index (χ4n) is 2.76. The van der Waals surface area contributed by atoms with Gasteiger partial charge in [0.15, 0.2) is 5.60 Å². The minimum atomic E-state index is -1.85. The molecule has 0 spiro atoms. The van der Waals surface area contributed by atoms with E-state index in [1.807, 2.05) is 30.3 Å². The Hall–Kier alpha value is -3.44. The summed E-state index contributed by atoms with van der Waals surface area (Å²) in [6, 6.07) is 24.8. The third kappa shape index (κ3) is 4.04. The Morgan fingerprint density at radius 2 is 1.56 bits per heavy atom. The number of carbonyl (C=O) groups is 1. The second kappa shape index (κ2) is 8.29. The van der Waals surface area contributed by atoms with Gasteiger partial charge >= 0.3 is 0 Å². The first kappa shape index (κ1) is 18.4. The van der Waals surface area contributed by atoms with Gasteiger partial charge in [-0.25, -0.2) is 5.43 Å². The highest BCUT2D eigenvalue weighted by Gasteiger charge is 2.39. The van der Waals surface area contributed by atoms with Crippen LogP contribution in [0.15, 0.2) is 90.0 Å². The highest BCUT2D eigenvalue weighted by atomic mass is 16.5. The van der Waals surface area contributed by atoms with Crippen molar-refractivity contribution in [1.82, 2.24) is 5.43 Å². The summed E-state index contributed by atoms with van der Waals surface area (Å²) in [6.07, 6.45) is 1.50. The zero-order valence-electron chi connectivity index (χ0n) is 14.9. The first-order valence-corrected chi connectivity index (χ1v) is 8.45. The molecule has 0 radical (unpaired) electrons. The molecule has 3 aromatic rings. The molecule has 0 fully saturated rings. The predicted octanol–water partition coefficient (Wildman–Crippen LogP) is 3.08. The van der Waals surface area contributed by atoms with Crippen LogP contribution in [0.2, 0.25) is 0 Å². The molecule has 0 aliphatic rings. The van der Waals surface area contributed by atoms with Gasteiger partial charge in [0.1, 0.15) is 5.75 Å². The number of benzene rings is 3. The van der Waals surface area contributed by atoms with Gasteiger partial charge in [-0.05, 0) is 28.8 Å². The Bertz CT molecular complexity index is 885. The summed E-state index contributed by atoms with van der Waals surface area (Å²) in [4.78, 5) is 12.9. The normalized spacial score (nSPS) is 11.3. The number of carbonyl (C=O) groups excluding carboxylic acids is 1. The van der Waals surface area contributed by atoms with Crippen LogP contribution in [0, 0.1) is 0 Å². The Kier molecular flexibility index (Phi) is 5.64. The Labute approximate surface area is 157 Å². The van der Waals surface area contributed by atoms with Crippen LogP contribution in [-0.4, -0.2) is 24.3 Å². The lowest BCUT2D eigenvalue weighted by atomic mass is 9.85. The zero-order chi connectivity index (χ0) is 19.1. The van der Waals surface area contributed by atoms with Crippen LogP contribution in [0.3, 0.4) is 0 Å². The molecule has 0 heterocycles. The number of hydrazone groups is 1. The molecule has 0 aliphatic heterocycles. The number of hydrogen-bond acceptors (Lipinski definition) is 4. The van der Waals surface area contributed by atoms with Gasteiger partial charge in [0.2, 0.25) is 0 Å². The van der Waals surface area contributed by atoms with Crippen molar-refractivity contribution in [3.63, 3.8) is 0 Å².